The van der Waals surface area contributed by atoms with Gasteiger partial charge >= 0.3 is 0 Å². The minimum atomic E-state index is 0.485. The highest BCUT2D eigenvalue weighted by Gasteiger charge is 2.07. The fourth-order valence-electron chi connectivity index (χ4n) is 2.26. The third-order valence-corrected chi connectivity index (χ3v) is 3.28. The molecule has 2 rings (SSSR count). The van der Waals surface area contributed by atoms with E-state index in [1.54, 1.807) is 0 Å². The van der Waals surface area contributed by atoms with Gasteiger partial charge in [-0.1, -0.05) is 38.1 Å². The molecule has 0 fully saturated rings. The number of rotatable bonds is 4. The van der Waals surface area contributed by atoms with Crippen molar-refractivity contribution in [1.29, 1.82) is 0 Å². The van der Waals surface area contributed by atoms with Gasteiger partial charge in [0, 0.05) is 12.1 Å². The van der Waals surface area contributed by atoms with Crippen LogP contribution in [0.4, 0.5) is 0 Å². The molecule has 0 bridgehead atoms. The molecule has 0 spiro atoms. The van der Waals surface area contributed by atoms with Crippen molar-refractivity contribution in [2.45, 2.75) is 33.2 Å². The Labute approximate surface area is 115 Å². The van der Waals surface area contributed by atoms with Crippen LogP contribution in [0.2, 0.25) is 0 Å². The highest BCUT2D eigenvalue weighted by molar-refractivity contribution is 5.41. The van der Waals surface area contributed by atoms with Gasteiger partial charge in [0.1, 0.15) is 11.5 Å². The monoisotopic (exact) mass is 255 g/mol. The highest BCUT2D eigenvalue weighted by Crippen LogP contribution is 2.28. The molecule has 0 saturated carbocycles. The number of aryl methyl sites for hydroxylation is 1. The van der Waals surface area contributed by atoms with Crippen LogP contribution in [-0.2, 0) is 6.54 Å². The van der Waals surface area contributed by atoms with Crippen LogP contribution in [0.1, 0.15) is 36.5 Å². The molecular formula is C17H21NO. The Balaban J connectivity index is 2.26. The van der Waals surface area contributed by atoms with Crippen molar-refractivity contribution in [2.75, 3.05) is 0 Å². The van der Waals surface area contributed by atoms with Crippen LogP contribution in [0.15, 0.2) is 42.5 Å². The van der Waals surface area contributed by atoms with Gasteiger partial charge in [-0.25, -0.2) is 0 Å². The number of ether oxygens (including phenoxy) is 1. The molecule has 100 valence electrons. The van der Waals surface area contributed by atoms with E-state index >= 15 is 0 Å². The summed E-state index contributed by atoms with van der Waals surface area (Å²) in [7, 11) is 0. The molecule has 0 aliphatic rings. The minimum Gasteiger partial charge on any atom is -0.457 e. The van der Waals surface area contributed by atoms with Crippen LogP contribution >= 0.6 is 0 Å². The zero-order valence-corrected chi connectivity index (χ0v) is 11.8. The van der Waals surface area contributed by atoms with Crippen LogP contribution in [0, 0.1) is 6.92 Å². The summed E-state index contributed by atoms with van der Waals surface area (Å²) < 4.78 is 5.94. The zero-order valence-electron chi connectivity index (χ0n) is 11.8. The first-order chi connectivity index (χ1) is 9.11. The standard InChI is InChI=1S/C17H21NO/c1-12(2)16-9-8-15(10-13(16)3)19-17-7-5-4-6-14(17)11-18/h4-10,12H,11,18H2,1-3H3. The predicted octanol–water partition coefficient (Wildman–Crippen LogP) is 4.37. The Kier molecular flexibility index (Phi) is 4.23. The maximum atomic E-state index is 5.94. The van der Waals surface area contributed by atoms with E-state index in [0.717, 1.165) is 17.1 Å². The number of para-hydroxylation sites is 1. The second-order valence-electron chi connectivity index (χ2n) is 5.09. The first-order valence-corrected chi connectivity index (χ1v) is 6.68. The van der Waals surface area contributed by atoms with E-state index < -0.39 is 0 Å². The topological polar surface area (TPSA) is 35.2 Å². The summed E-state index contributed by atoms with van der Waals surface area (Å²) >= 11 is 0. The molecule has 19 heavy (non-hydrogen) atoms. The van der Waals surface area contributed by atoms with E-state index in [4.69, 9.17) is 10.5 Å². The maximum Gasteiger partial charge on any atom is 0.131 e. The van der Waals surface area contributed by atoms with Crippen LogP contribution in [-0.4, -0.2) is 0 Å². The quantitative estimate of drug-likeness (QED) is 0.880. The van der Waals surface area contributed by atoms with E-state index in [1.807, 2.05) is 30.3 Å². The van der Waals surface area contributed by atoms with Crippen molar-refractivity contribution in [2.24, 2.45) is 5.73 Å². The number of benzene rings is 2. The minimum absolute atomic E-state index is 0.485. The van der Waals surface area contributed by atoms with Gasteiger partial charge in [0.05, 0.1) is 0 Å². The molecule has 0 saturated heterocycles. The average Bonchev–Trinajstić information content (AvgIpc) is 2.39. The summed E-state index contributed by atoms with van der Waals surface area (Å²) in [6.45, 7) is 7.01. The average molecular weight is 255 g/mol. The highest BCUT2D eigenvalue weighted by atomic mass is 16.5. The van der Waals surface area contributed by atoms with Crippen molar-refractivity contribution in [3.8, 4) is 11.5 Å². The third kappa shape index (κ3) is 3.15. The Morgan fingerprint density at radius 1 is 1.11 bits per heavy atom. The molecule has 2 aromatic rings. The van der Waals surface area contributed by atoms with Gasteiger partial charge in [-0.3, -0.25) is 0 Å². The fourth-order valence-corrected chi connectivity index (χ4v) is 2.26. The fraction of sp³-hybridized carbons (Fsp3) is 0.294. The lowest BCUT2D eigenvalue weighted by atomic mass is 9.98. The van der Waals surface area contributed by atoms with Crippen molar-refractivity contribution in [3.05, 3.63) is 59.2 Å². The Hall–Kier alpha value is -1.80. The van der Waals surface area contributed by atoms with Gasteiger partial charge in [0.2, 0.25) is 0 Å². The third-order valence-electron chi connectivity index (χ3n) is 3.28. The Morgan fingerprint density at radius 2 is 1.84 bits per heavy atom. The van der Waals surface area contributed by atoms with E-state index in [2.05, 4.69) is 32.9 Å². The Bertz CT molecular complexity index is 561. The number of nitrogens with two attached hydrogens (primary N) is 1. The molecule has 0 radical (unpaired) electrons. The molecule has 0 heterocycles. The van der Waals surface area contributed by atoms with Gasteiger partial charge in [0.15, 0.2) is 0 Å². The van der Waals surface area contributed by atoms with E-state index in [1.165, 1.54) is 11.1 Å². The molecular weight excluding hydrogens is 234 g/mol. The molecule has 2 nitrogen and oxygen atoms in total. The molecule has 0 atom stereocenters. The molecule has 2 aromatic carbocycles. The van der Waals surface area contributed by atoms with Crippen molar-refractivity contribution < 1.29 is 4.74 Å². The maximum absolute atomic E-state index is 5.94. The van der Waals surface area contributed by atoms with Crippen molar-refractivity contribution in [3.63, 3.8) is 0 Å². The summed E-state index contributed by atoms with van der Waals surface area (Å²) in [5.74, 6) is 2.23. The lowest BCUT2D eigenvalue weighted by Crippen LogP contribution is -1.99. The van der Waals surface area contributed by atoms with Crippen LogP contribution in [0.25, 0.3) is 0 Å². The molecule has 0 unspecified atom stereocenters. The molecule has 0 aromatic heterocycles. The van der Waals surface area contributed by atoms with E-state index in [0.29, 0.717) is 12.5 Å². The van der Waals surface area contributed by atoms with Crippen LogP contribution < -0.4 is 10.5 Å². The number of hydrogen-bond donors (Lipinski definition) is 1. The van der Waals surface area contributed by atoms with Gasteiger partial charge in [-0.05, 0) is 42.2 Å². The van der Waals surface area contributed by atoms with Gasteiger partial charge in [0.25, 0.3) is 0 Å². The summed E-state index contributed by atoms with van der Waals surface area (Å²) in [5, 5.41) is 0. The Morgan fingerprint density at radius 3 is 2.47 bits per heavy atom. The summed E-state index contributed by atoms with van der Waals surface area (Å²) in [5.41, 5.74) is 9.36. The van der Waals surface area contributed by atoms with E-state index in [9.17, 15) is 0 Å². The zero-order chi connectivity index (χ0) is 13.8. The second kappa shape index (κ2) is 5.89. The molecule has 0 aliphatic carbocycles. The predicted molar refractivity (Wildman–Crippen MR) is 79.7 cm³/mol. The second-order valence-corrected chi connectivity index (χ2v) is 5.09. The summed E-state index contributed by atoms with van der Waals surface area (Å²) in [6.07, 6.45) is 0. The van der Waals surface area contributed by atoms with Crippen LogP contribution in [0.5, 0.6) is 11.5 Å². The molecule has 2 heteroatoms. The SMILES string of the molecule is Cc1cc(Oc2ccccc2CN)ccc1C(C)C. The molecule has 0 amide bonds. The van der Waals surface area contributed by atoms with Crippen molar-refractivity contribution in [1.82, 2.24) is 0 Å². The lowest BCUT2D eigenvalue weighted by molar-refractivity contribution is 0.475. The van der Waals surface area contributed by atoms with Gasteiger partial charge in [-0.15, -0.1) is 0 Å². The summed E-state index contributed by atoms with van der Waals surface area (Å²) in [4.78, 5) is 0. The number of hydrogen-bond acceptors (Lipinski definition) is 2. The van der Waals surface area contributed by atoms with Crippen LogP contribution in [0.3, 0.4) is 0 Å². The first kappa shape index (κ1) is 13.6. The largest absolute Gasteiger partial charge is 0.457 e. The first-order valence-electron chi connectivity index (χ1n) is 6.68. The van der Waals surface area contributed by atoms with Gasteiger partial charge in [-0.2, -0.15) is 0 Å². The summed E-state index contributed by atoms with van der Waals surface area (Å²) in [6, 6.07) is 14.1. The van der Waals surface area contributed by atoms with Crippen molar-refractivity contribution >= 4 is 0 Å². The molecule has 0 aliphatic heterocycles. The lowest BCUT2D eigenvalue weighted by Gasteiger charge is -2.13. The smallest absolute Gasteiger partial charge is 0.131 e. The van der Waals surface area contributed by atoms with E-state index in [-0.39, 0.29) is 0 Å². The molecule has 2 N–H and O–H groups in total. The van der Waals surface area contributed by atoms with Gasteiger partial charge < -0.3 is 10.5 Å². The normalized spacial score (nSPS) is 10.8.